The molecule has 1 saturated carbocycles. The van der Waals surface area contributed by atoms with Crippen LogP contribution >= 0.6 is 0 Å². The fourth-order valence-corrected chi connectivity index (χ4v) is 1.44. The molecular formula is C9H13N3. The van der Waals surface area contributed by atoms with E-state index in [2.05, 4.69) is 10.3 Å². The van der Waals surface area contributed by atoms with Crippen molar-refractivity contribution in [1.82, 2.24) is 4.98 Å². The molecule has 0 aliphatic heterocycles. The fourth-order valence-electron chi connectivity index (χ4n) is 1.44. The van der Waals surface area contributed by atoms with Crippen molar-refractivity contribution < 1.29 is 0 Å². The van der Waals surface area contributed by atoms with Gasteiger partial charge in [0.25, 0.3) is 0 Å². The van der Waals surface area contributed by atoms with Crippen molar-refractivity contribution in [2.24, 2.45) is 5.73 Å². The molecule has 0 saturated heterocycles. The van der Waals surface area contributed by atoms with Gasteiger partial charge < -0.3 is 11.1 Å². The number of nitrogens with one attached hydrogen (secondary N) is 1. The van der Waals surface area contributed by atoms with Crippen LogP contribution in [0.3, 0.4) is 0 Å². The van der Waals surface area contributed by atoms with E-state index < -0.39 is 0 Å². The summed E-state index contributed by atoms with van der Waals surface area (Å²) >= 11 is 0. The van der Waals surface area contributed by atoms with Crippen LogP contribution in [0.1, 0.15) is 12.8 Å². The predicted molar refractivity (Wildman–Crippen MR) is 48.9 cm³/mol. The van der Waals surface area contributed by atoms with E-state index in [1.165, 1.54) is 0 Å². The maximum absolute atomic E-state index is 5.66. The molecule has 0 unspecified atom stereocenters. The Hall–Kier alpha value is -1.09. The van der Waals surface area contributed by atoms with Gasteiger partial charge in [0.05, 0.1) is 0 Å². The standard InChI is InChI=1S/C9H13N3/c10-7-5-8(6-7)12-9-3-1-2-4-11-9/h1-4,7-8H,5-6,10H2,(H,11,12)/t7-,8-. The Kier molecular flexibility index (Phi) is 1.96. The number of anilines is 1. The van der Waals surface area contributed by atoms with E-state index in [1.54, 1.807) is 6.20 Å². The van der Waals surface area contributed by atoms with E-state index >= 15 is 0 Å². The molecule has 1 aromatic heterocycles. The van der Waals surface area contributed by atoms with Gasteiger partial charge in [-0.15, -0.1) is 0 Å². The summed E-state index contributed by atoms with van der Waals surface area (Å²) in [6.45, 7) is 0. The maximum Gasteiger partial charge on any atom is 0.126 e. The summed E-state index contributed by atoms with van der Waals surface area (Å²) in [5.41, 5.74) is 5.66. The lowest BCUT2D eigenvalue weighted by Gasteiger charge is -2.33. The molecular weight excluding hydrogens is 150 g/mol. The van der Waals surface area contributed by atoms with Crippen LogP contribution in [0.15, 0.2) is 24.4 Å². The van der Waals surface area contributed by atoms with E-state index in [-0.39, 0.29) is 0 Å². The highest BCUT2D eigenvalue weighted by atomic mass is 15.0. The molecule has 2 rings (SSSR count). The summed E-state index contributed by atoms with van der Waals surface area (Å²) in [6.07, 6.45) is 3.92. The Morgan fingerprint density at radius 2 is 2.25 bits per heavy atom. The Balaban J connectivity index is 1.88. The first kappa shape index (κ1) is 7.55. The van der Waals surface area contributed by atoms with E-state index in [0.717, 1.165) is 18.7 Å². The first-order chi connectivity index (χ1) is 5.84. The Labute approximate surface area is 72.0 Å². The third-order valence-electron chi connectivity index (χ3n) is 2.19. The predicted octanol–water partition coefficient (Wildman–Crippen LogP) is 0.983. The first-order valence-electron chi connectivity index (χ1n) is 4.28. The van der Waals surface area contributed by atoms with Gasteiger partial charge in [-0.3, -0.25) is 0 Å². The van der Waals surface area contributed by atoms with Gasteiger partial charge in [-0.25, -0.2) is 4.98 Å². The largest absolute Gasteiger partial charge is 0.367 e. The van der Waals surface area contributed by atoms with Crippen LogP contribution in [-0.4, -0.2) is 17.1 Å². The topological polar surface area (TPSA) is 50.9 Å². The minimum Gasteiger partial charge on any atom is -0.367 e. The summed E-state index contributed by atoms with van der Waals surface area (Å²) in [4.78, 5) is 4.17. The van der Waals surface area contributed by atoms with Gasteiger partial charge in [0.15, 0.2) is 0 Å². The molecule has 12 heavy (non-hydrogen) atoms. The van der Waals surface area contributed by atoms with Crippen LogP contribution < -0.4 is 11.1 Å². The normalized spacial score (nSPS) is 27.8. The van der Waals surface area contributed by atoms with Crippen LogP contribution in [0.2, 0.25) is 0 Å². The molecule has 0 bridgehead atoms. The van der Waals surface area contributed by atoms with Crippen molar-refractivity contribution in [3.8, 4) is 0 Å². The lowest BCUT2D eigenvalue weighted by Crippen LogP contribution is -2.44. The Morgan fingerprint density at radius 1 is 1.42 bits per heavy atom. The van der Waals surface area contributed by atoms with Crippen LogP contribution in [0.4, 0.5) is 5.82 Å². The lowest BCUT2D eigenvalue weighted by atomic mass is 9.88. The summed E-state index contributed by atoms with van der Waals surface area (Å²) < 4.78 is 0. The number of pyridine rings is 1. The minimum absolute atomic E-state index is 0.395. The smallest absolute Gasteiger partial charge is 0.126 e. The van der Waals surface area contributed by atoms with Crippen molar-refractivity contribution in [1.29, 1.82) is 0 Å². The van der Waals surface area contributed by atoms with Crippen molar-refractivity contribution in [3.63, 3.8) is 0 Å². The molecule has 1 aliphatic rings. The molecule has 0 radical (unpaired) electrons. The lowest BCUT2D eigenvalue weighted by molar-refractivity contribution is 0.373. The molecule has 3 N–H and O–H groups in total. The second kappa shape index (κ2) is 3.11. The van der Waals surface area contributed by atoms with Gasteiger partial charge in [0.2, 0.25) is 0 Å². The van der Waals surface area contributed by atoms with Crippen LogP contribution in [-0.2, 0) is 0 Å². The zero-order valence-corrected chi connectivity index (χ0v) is 6.90. The van der Waals surface area contributed by atoms with Crippen molar-refractivity contribution in [3.05, 3.63) is 24.4 Å². The molecule has 0 spiro atoms. The van der Waals surface area contributed by atoms with Crippen molar-refractivity contribution in [2.45, 2.75) is 24.9 Å². The zero-order valence-electron chi connectivity index (χ0n) is 6.90. The summed E-state index contributed by atoms with van der Waals surface area (Å²) in [6, 6.07) is 6.80. The number of nitrogens with two attached hydrogens (primary N) is 1. The second-order valence-corrected chi connectivity index (χ2v) is 3.29. The molecule has 0 amide bonds. The minimum atomic E-state index is 0.395. The Bertz CT molecular complexity index is 241. The molecule has 1 heterocycles. The van der Waals surface area contributed by atoms with Crippen molar-refractivity contribution in [2.75, 3.05) is 5.32 Å². The number of nitrogens with zero attached hydrogens (tertiary/aromatic N) is 1. The Morgan fingerprint density at radius 3 is 2.83 bits per heavy atom. The van der Waals surface area contributed by atoms with Crippen LogP contribution in [0.25, 0.3) is 0 Å². The van der Waals surface area contributed by atoms with Gasteiger partial charge in [-0.05, 0) is 25.0 Å². The zero-order chi connectivity index (χ0) is 8.39. The van der Waals surface area contributed by atoms with Gasteiger partial charge in [0, 0.05) is 18.3 Å². The van der Waals surface area contributed by atoms with E-state index in [1.807, 2.05) is 18.2 Å². The first-order valence-corrected chi connectivity index (χ1v) is 4.28. The van der Waals surface area contributed by atoms with E-state index in [9.17, 15) is 0 Å². The molecule has 1 aromatic rings. The quantitative estimate of drug-likeness (QED) is 0.683. The maximum atomic E-state index is 5.66. The number of rotatable bonds is 2. The molecule has 1 aliphatic carbocycles. The van der Waals surface area contributed by atoms with E-state index in [4.69, 9.17) is 5.73 Å². The molecule has 3 nitrogen and oxygen atoms in total. The SMILES string of the molecule is N[C@H]1C[C@H](Nc2ccccn2)C1. The summed E-state index contributed by atoms with van der Waals surface area (Å²) in [5.74, 6) is 0.953. The molecule has 1 fully saturated rings. The van der Waals surface area contributed by atoms with Crippen LogP contribution in [0, 0.1) is 0 Å². The number of aromatic nitrogens is 1. The monoisotopic (exact) mass is 163 g/mol. The van der Waals surface area contributed by atoms with Gasteiger partial charge in [-0.2, -0.15) is 0 Å². The number of hydrogen-bond donors (Lipinski definition) is 2. The third-order valence-corrected chi connectivity index (χ3v) is 2.19. The third kappa shape index (κ3) is 1.56. The molecule has 64 valence electrons. The molecule has 0 atom stereocenters. The summed E-state index contributed by atoms with van der Waals surface area (Å²) in [5, 5.41) is 3.32. The average molecular weight is 163 g/mol. The van der Waals surface area contributed by atoms with Gasteiger partial charge in [-0.1, -0.05) is 6.07 Å². The highest BCUT2D eigenvalue weighted by Gasteiger charge is 2.25. The summed E-state index contributed by atoms with van der Waals surface area (Å²) in [7, 11) is 0. The highest BCUT2D eigenvalue weighted by Crippen LogP contribution is 2.20. The highest BCUT2D eigenvalue weighted by molar-refractivity contribution is 5.35. The average Bonchev–Trinajstić information content (AvgIpc) is 2.04. The van der Waals surface area contributed by atoms with E-state index in [0.29, 0.717) is 12.1 Å². The molecule has 0 aromatic carbocycles. The molecule has 3 heteroatoms. The van der Waals surface area contributed by atoms with Crippen molar-refractivity contribution >= 4 is 5.82 Å². The fraction of sp³-hybridized carbons (Fsp3) is 0.444. The van der Waals surface area contributed by atoms with Gasteiger partial charge >= 0.3 is 0 Å². The second-order valence-electron chi connectivity index (χ2n) is 3.29. The van der Waals surface area contributed by atoms with Gasteiger partial charge in [0.1, 0.15) is 5.82 Å². The van der Waals surface area contributed by atoms with Crippen LogP contribution in [0.5, 0.6) is 0 Å². The number of hydrogen-bond acceptors (Lipinski definition) is 3.